The van der Waals surface area contributed by atoms with E-state index < -0.39 is 5.60 Å². The van der Waals surface area contributed by atoms with Crippen LogP contribution < -0.4 is 4.74 Å². The highest BCUT2D eigenvalue weighted by atomic mass is 27.0. The number of esters is 1. The van der Waals surface area contributed by atoms with Gasteiger partial charge in [0, 0.05) is 0 Å². The molecule has 0 aliphatic carbocycles. The van der Waals surface area contributed by atoms with Gasteiger partial charge in [-0.05, 0) is 53.7 Å². The van der Waals surface area contributed by atoms with Crippen LogP contribution in [-0.4, -0.2) is 34.5 Å². The number of carbonyl (C=O) groups excluding carboxylic acids is 1. The molecule has 0 spiro atoms. The zero-order valence-corrected chi connectivity index (χ0v) is 12.0. The second-order valence-corrected chi connectivity index (χ2v) is 6.21. The van der Waals surface area contributed by atoms with Crippen LogP contribution in [0, 0.1) is 0 Å². The van der Waals surface area contributed by atoms with Crippen LogP contribution in [0.4, 0.5) is 0 Å². The molecular formula is C15H25AlO3. The summed E-state index contributed by atoms with van der Waals surface area (Å²) in [6, 6.07) is 7.14. The Hall–Kier alpha value is -0.978. The van der Waals surface area contributed by atoms with Gasteiger partial charge in [-0.25, -0.2) is 4.79 Å². The maximum atomic E-state index is 12.1. The van der Waals surface area contributed by atoms with E-state index in [1.165, 1.54) is 0 Å². The van der Waals surface area contributed by atoms with Gasteiger partial charge in [0.1, 0.15) is 22.5 Å². The van der Waals surface area contributed by atoms with Crippen molar-refractivity contribution in [3.8, 4) is 5.75 Å². The highest BCUT2D eigenvalue weighted by molar-refractivity contribution is 5.92. The first-order chi connectivity index (χ1) is 8.08. The fourth-order valence-electron chi connectivity index (χ4n) is 1.39. The van der Waals surface area contributed by atoms with Crippen molar-refractivity contribution >= 4 is 23.3 Å². The number of hydrogen-bond acceptors (Lipinski definition) is 3. The Bertz CT molecular complexity index is 428. The third-order valence-electron chi connectivity index (χ3n) is 1.92. The highest BCUT2D eigenvalue weighted by Crippen LogP contribution is 2.25. The Morgan fingerprint density at radius 3 is 1.95 bits per heavy atom. The maximum absolute atomic E-state index is 12.1. The monoisotopic (exact) mass is 280 g/mol. The van der Waals surface area contributed by atoms with Gasteiger partial charge in [0.05, 0.1) is 0 Å². The largest absolute Gasteiger partial charge is 0.487 e. The maximum Gasteiger partial charge on any atom is 0.342 e. The molecule has 0 radical (unpaired) electrons. The standard InChI is InChI=1S/C15H22O3.Al.3H/c1-14(2,3)17-12-10-8-7-9-11(12)13(16)18-15(4,5)6;;;;/h7-10H,1-6H3;;;;. The molecule has 3 nitrogen and oxygen atoms in total. The first-order valence-corrected chi connectivity index (χ1v) is 6.10. The zero-order valence-electron chi connectivity index (χ0n) is 12.0. The lowest BCUT2D eigenvalue weighted by Crippen LogP contribution is -2.27. The lowest BCUT2D eigenvalue weighted by Gasteiger charge is -2.24. The number of benzene rings is 1. The lowest BCUT2D eigenvalue weighted by molar-refractivity contribution is 0.00616. The number of hydrogen-bond donors (Lipinski definition) is 0. The van der Waals surface area contributed by atoms with E-state index in [9.17, 15) is 4.79 Å². The minimum absolute atomic E-state index is 0. The molecule has 0 saturated heterocycles. The molecule has 0 aromatic heterocycles. The summed E-state index contributed by atoms with van der Waals surface area (Å²) in [5.74, 6) is 0.196. The third kappa shape index (κ3) is 6.66. The summed E-state index contributed by atoms with van der Waals surface area (Å²) in [6.07, 6.45) is 0. The van der Waals surface area contributed by atoms with Gasteiger partial charge in [0.25, 0.3) is 0 Å². The molecular weight excluding hydrogens is 255 g/mol. The molecule has 1 aromatic rings. The Balaban J connectivity index is 0.00000324. The summed E-state index contributed by atoms with van der Waals surface area (Å²) in [6.45, 7) is 11.4. The van der Waals surface area contributed by atoms with E-state index in [0.717, 1.165) is 0 Å². The molecule has 1 rings (SSSR count). The molecule has 0 aliphatic rings. The molecule has 0 amide bonds. The Morgan fingerprint density at radius 1 is 0.947 bits per heavy atom. The first kappa shape index (κ1) is 18.0. The van der Waals surface area contributed by atoms with Crippen molar-refractivity contribution in [1.29, 1.82) is 0 Å². The van der Waals surface area contributed by atoms with Crippen LogP contribution in [-0.2, 0) is 4.74 Å². The van der Waals surface area contributed by atoms with E-state index in [1.807, 2.05) is 47.6 Å². The molecule has 4 heteroatoms. The summed E-state index contributed by atoms with van der Waals surface area (Å²) in [5, 5.41) is 0. The Morgan fingerprint density at radius 2 is 1.47 bits per heavy atom. The van der Waals surface area contributed by atoms with Gasteiger partial charge in [-0.2, -0.15) is 0 Å². The molecule has 0 bridgehead atoms. The van der Waals surface area contributed by atoms with E-state index in [4.69, 9.17) is 9.47 Å². The van der Waals surface area contributed by atoms with Crippen LogP contribution in [0.25, 0.3) is 0 Å². The Labute approximate surface area is 126 Å². The van der Waals surface area contributed by atoms with Crippen molar-refractivity contribution in [1.82, 2.24) is 0 Å². The van der Waals surface area contributed by atoms with E-state index in [0.29, 0.717) is 11.3 Å². The fourth-order valence-corrected chi connectivity index (χ4v) is 1.39. The van der Waals surface area contributed by atoms with Crippen molar-refractivity contribution in [2.45, 2.75) is 52.7 Å². The summed E-state index contributed by atoms with van der Waals surface area (Å²) < 4.78 is 11.1. The van der Waals surface area contributed by atoms with Gasteiger partial charge in [-0.1, -0.05) is 12.1 Å². The minimum Gasteiger partial charge on any atom is -0.487 e. The number of ether oxygens (including phenoxy) is 2. The highest BCUT2D eigenvalue weighted by Gasteiger charge is 2.22. The molecule has 0 saturated carbocycles. The van der Waals surface area contributed by atoms with Crippen molar-refractivity contribution in [2.75, 3.05) is 0 Å². The van der Waals surface area contributed by atoms with Gasteiger partial charge in [-0.3, -0.25) is 0 Å². The second-order valence-electron chi connectivity index (χ2n) is 6.21. The normalized spacial score (nSPS) is 11.5. The summed E-state index contributed by atoms with van der Waals surface area (Å²) in [7, 11) is 0. The molecule has 19 heavy (non-hydrogen) atoms. The second kappa shape index (κ2) is 6.45. The van der Waals surface area contributed by atoms with Crippen LogP contribution in [0.15, 0.2) is 24.3 Å². The molecule has 1 aromatic carbocycles. The van der Waals surface area contributed by atoms with E-state index in [1.54, 1.807) is 18.2 Å². The van der Waals surface area contributed by atoms with Gasteiger partial charge in [0.15, 0.2) is 17.4 Å². The smallest absolute Gasteiger partial charge is 0.342 e. The van der Waals surface area contributed by atoms with Crippen LogP contribution in [0.1, 0.15) is 51.9 Å². The topological polar surface area (TPSA) is 35.5 Å². The average Bonchev–Trinajstić information content (AvgIpc) is 2.12. The number of rotatable bonds is 2. The van der Waals surface area contributed by atoms with Crippen molar-refractivity contribution in [3.63, 3.8) is 0 Å². The van der Waals surface area contributed by atoms with Crippen molar-refractivity contribution in [3.05, 3.63) is 29.8 Å². The van der Waals surface area contributed by atoms with Crippen molar-refractivity contribution < 1.29 is 14.3 Å². The summed E-state index contributed by atoms with van der Waals surface area (Å²) in [4.78, 5) is 12.1. The number of para-hydroxylation sites is 1. The van der Waals surface area contributed by atoms with Gasteiger partial charge in [0.2, 0.25) is 0 Å². The third-order valence-corrected chi connectivity index (χ3v) is 1.92. The molecule has 0 unspecified atom stereocenters. The predicted molar refractivity (Wildman–Crippen MR) is 81.9 cm³/mol. The quantitative estimate of drug-likeness (QED) is 0.617. The van der Waals surface area contributed by atoms with E-state index >= 15 is 0 Å². The van der Waals surface area contributed by atoms with Crippen LogP contribution in [0.2, 0.25) is 0 Å². The van der Waals surface area contributed by atoms with Crippen LogP contribution >= 0.6 is 0 Å². The van der Waals surface area contributed by atoms with Gasteiger partial charge in [-0.15, -0.1) is 0 Å². The Kier molecular flexibility index (Phi) is 6.12. The van der Waals surface area contributed by atoms with Gasteiger partial charge >= 0.3 is 5.97 Å². The average molecular weight is 280 g/mol. The van der Waals surface area contributed by atoms with Crippen LogP contribution in [0.5, 0.6) is 5.75 Å². The summed E-state index contributed by atoms with van der Waals surface area (Å²) >= 11 is 0. The molecule has 0 N–H and O–H groups in total. The van der Waals surface area contributed by atoms with E-state index in [2.05, 4.69) is 0 Å². The minimum atomic E-state index is -0.508. The molecule has 0 atom stereocenters. The molecule has 0 heterocycles. The fraction of sp³-hybridized carbons (Fsp3) is 0.533. The number of carbonyl (C=O) groups is 1. The lowest BCUT2D eigenvalue weighted by atomic mass is 10.1. The van der Waals surface area contributed by atoms with Crippen molar-refractivity contribution in [2.24, 2.45) is 0 Å². The SMILES string of the molecule is CC(C)(C)OC(=O)c1ccccc1OC(C)(C)C.[AlH3]. The first-order valence-electron chi connectivity index (χ1n) is 6.10. The van der Waals surface area contributed by atoms with Crippen LogP contribution in [0.3, 0.4) is 0 Å². The van der Waals surface area contributed by atoms with Gasteiger partial charge < -0.3 is 9.47 Å². The molecule has 0 fully saturated rings. The molecule has 0 aliphatic heterocycles. The summed E-state index contributed by atoms with van der Waals surface area (Å²) in [5.41, 5.74) is -0.397. The van der Waals surface area contributed by atoms with E-state index in [-0.39, 0.29) is 28.9 Å². The molecule has 106 valence electrons. The zero-order chi connectivity index (χ0) is 14.0. The predicted octanol–water partition coefficient (Wildman–Crippen LogP) is 2.64.